The Morgan fingerprint density at radius 1 is 1.39 bits per heavy atom. The van der Waals surface area contributed by atoms with Gasteiger partial charge in [0, 0.05) is 23.0 Å². The maximum absolute atomic E-state index is 11.9. The van der Waals surface area contributed by atoms with Crippen LogP contribution in [0.4, 0.5) is 5.13 Å². The van der Waals surface area contributed by atoms with Gasteiger partial charge in [-0.15, -0.1) is 16.4 Å². The number of benzene rings is 1. The quantitative estimate of drug-likeness (QED) is 0.699. The lowest BCUT2D eigenvalue weighted by Gasteiger charge is -2.00. The molecule has 0 spiro atoms. The summed E-state index contributed by atoms with van der Waals surface area (Å²) in [6, 6.07) is 7.39. The molecule has 10 heteroatoms. The highest BCUT2D eigenvalue weighted by atomic mass is 35.5. The number of halogens is 1. The minimum absolute atomic E-state index is 0.157. The van der Waals surface area contributed by atoms with Crippen LogP contribution in [0.25, 0.3) is 11.3 Å². The Labute approximate surface area is 145 Å². The van der Waals surface area contributed by atoms with Gasteiger partial charge in [-0.2, -0.15) is 0 Å². The van der Waals surface area contributed by atoms with E-state index in [2.05, 4.69) is 25.8 Å². The minimum atomic E-state index is -0.157. The zero-order valence-electron chi connectivity index (χ0n) is 11.9. The van der Waals surface area contributed by atoms with Gasteiger partial charge < -0.3 is 5.32 Å². The second-order valence-corrected chi connectivity index (χ2v) is 6.70. The lowest BCUT2D eigenvalue weighted by Crippen LogP contribution is -2.14. The van der Waals surface area contributed by atoms with Crippen LogP contribution in [0.1, 0.15) is 0 Å². The smallest absolute Gasteiger partial charge is 0.236 e. The van der Waals surface area contributed by atoms with E-state index in [0.717, 1.165) is 11.3 Å². The van der Waals surface area contributed by atoms with Crippen molar-refractivity contribution in [2.45, 2.75) is 5.16 Å². The molecule has 7 nitrogen and oxygen atoms in total. The van der Waals surface area contributed by atoms with Gasteiger partial charge in [0.15, 0.2) is 5.13 Å². The zero-order valence-corrected chi connectivity index (χ0v) is 14.3. The molecule has 0 bridgehead atoms. The highest BCUT2D eigenvalue weighted by Gasteiger charge is 2.10. The fourth-order valence-corrected chi connectivity index (χ4v) is 3.23. The lowest BCUT2D eigenvalue weighted by molar-refractivity contribution is -0.113. The molecular weight excluding hydrogens is 356 g/mol. The largest absolute Gasteiger partial charge is 0.301 e. The summed E-state index contributed by atoms with van der Waals surface area (Å²) in [4.78, 5) is 16.4. The second-order valence-electron chi connectivity index (χ2n) is 4.47. The molecule has 2 heterocycles. The van der Waals surface area contributed by atoms with Gasteiger partial charge in [-0.05, 0) is 22.6 Å². The SMILES string of the molecule is Cn1nnnc1SCC(=O)Nc1nc(-c2ccc(Cl)cc2)cs1. The van der Waals surface area contributed by atoms with Crippen LogP contribution >= 0.6 is 34.7 Å². The average molecular weight is 367 g/mol. The van der Waals surface area contributed by atoms with Crippen LogP contribution in [0.15, 0.2) is 34.8 Å². The number of hydrogen-bond acceptors (Lipinski definition) is 7. The first-order chi connectivity index (χ1) is 11.1. The number of rotatable bonds is 5. The van der Waals surface area contributed by atoms with Crippen molar-refractivity contribution in [3.8, 4) is 11.3 Å². The number of aromatic nitrogens is 5. The summed E-state index contributed by atoms with van der Waals surface area (Å²) in [5.74, 6) is 0.0550. The number of nitrogens with one attached hydrogen (secondary N) is 1. The first kappa shape index (κ1) is 15.9. The normalized spacial score (nSPS) is 10.7. The Hall–Kier alpha value is -1.97. The maximum atomic E-state index is 11.9. The lowest BCUT2D eigenvalue weighted by atomic mass is 10.2. The van der Waals surface area contributed by atoms with E-state index in [4.69, 9.17) is 11.6 Å². The van der Waals surface area contributed by atoms with E-state index in [-0.39, 0.29) is 11.7 Å². The molecule has 0 aliphatic heterocycles. The molecule has 3 aromatic rings. The van der Waals surface area contributed by atoms with Crippen molar-refractivity contribution in [1.29, 1.82) is 0 Å². The summed E-state index contributed by atoms with van der Waals surface area (Å²) in [5, 5.41) is 17.5. The van der Waals surface area contributed by atoms with Crippen LogP contribution < -0.4 is 5.32 Å². The van der Waals surface area contributed by atoms with Crippen molar-refractivity contribution < 1.29 is 4.79 Å². The van der Waals surface area contributed by atoms with Crippen molar-refractivity contribution in [3.05, 3.63) is 34.7 Å². The van der Waals surface area contributed by atoms with Crippen LogP contribution in [0.5, 0.6) is 0 Å². The van der Waals surface area contributed by atoms with E-state index >= 15 is 0 Å². The number of anilines is 1. The number of nitrogens with zero attached hydrogens (tertiary/aromatic N) is 5. The molecular formula is C13H11ClN6OS2. The number of thioether (sulfide) groups is 1. The summed E-state index contributed by atoms with van der Waals surface area (Å²) in [6.45, 7) is 0. The van der Waals surface area contributed by atoms with Gasteiger partial charge in [0.1, 0.15) is 0 Å². The number of tetrazole rings is 1. The predicted octanol–water partition coefficient (Wildman–Crippen LogP) is 2.72. The average Bonchev–Trinajstić information content (AvgIpc) is 3.15. The van der Waals surface area contributed by atoms with Crippen LogP contribution in [0.3, 0.4) is 0 Å². The van der Waals surface area contributed by atoms with Gasteiger partial charge in [-0.3, -0.25) is 4.79 Å². The third-order valence-electron chi connectivity index (χ3n) is 2.80. The van der Waals surface area contributed by atoms with E-state index in [1.165, 1.54) is 27.8 Å². The number of aryl methyl sites for hydroxylation is 1. The molecule has 1 aromatic carbocycles. The Morgan fingerprint density at radius 2 is 2.17 bits per heavy atom. The Morgan fingerprint density at radius 3 is 2.87 bits per heavy atom. The molecule has 0 aliphatic carbocycles. The van der Waals surface area contributed by atoms with Gasteiger partial charge in [0.05, 0.1) is 11.4 Å². The molecule has 0 saturated heterocycles. The molecule has 3 rings (SSSR count). The van der Waals surface area contributed by atoms with E-state index in [0.29, 0.717) is 15.3 Å². The number of hydrogen-bond donors (Lipinski definition) is 1. The van der Waals surface area contributed by atoms with Crippen molar-refractivity contribution in [1.82, 2.24) is 25.2 Å². The first-order valence-electron chi connectivity index (χ1n) is 6.48. The third-order valence-corrected chi connectivity index (χ3v) is 4.82. The summed E-state index contributed by atoms with van der Waals surface area (Å²) in [6.07, 6.45) is 0. The molecule has 0 unspecified atom stereocenters. The predicted molar refractivity (Wildman–Crippen MR) is 90.7 cm³/mol. The first-order valence-corrected chi connectivity index (χ1v) is 8.72. The molecule has 118 valence electrons. The Kier molecular flexibility index (Phi) is 4.89. The fourth-order valence-electron chi connectivity index (χ4n) is 1.71. The van der Waals surface area contributed by atoms with E-state index in [1.54, 1.807) is 19.2 Å². The van der Waals surface area contributed by atoms with Crippen molar-refractivity contribution in [2.24, 2.45) is 7.05 Å². The minimum Gasteiger partial charge on any atom is -0.301 e. The number of carbonyl (C=O) groups is 1. The third kappa shape index (κ3) is 4.06. The molecule has 0 atom stereocenters. The molecule has 0 saturated carbocycles. The van der Waals surface area contributed by atoms with Gasteiger partial charge >= 0.3 is 0 Å². The molecule has 23 heavy (non-hydrogen) atoms. The monoisotopic (exact) mass is 366 g/mol. The summed E-state index contributed by atoms with van der Waals surface area (Å²) >= 11 is 8.50. The molecule has 0 aliphatic rings. The Balaban J connectivity index is 1.59. The van der Waals surface area contributed by atoms with Gasteiger partial charge in [0.25, 0.3) is 0 Å². The zero-order chi connectivity index (χ0) is 16.2. The van der Waals surface area contributed by atoms with Gasteiger partial charge in [-0.25, -0.2) is 9.67 Å². The van der Waals surface area contributed by atoms with Crippen LogP contribution in [0, 0.1) is 0 Å². The van der Waals surface area contributed by atoms with Crippen LogP contribution in [-0.2, 0) is 11.8 Å². The van der Waals surface area contributed by atoms with Crippen LogP contribution in [-0.4, -0.2) is 36.9 Å². The standard InChI is InChI=1S/C13H11ClN6OS2/c1-20-13(17-18-19-20)23-7-11(21)16-12-15-10(6-22-12)8-2-4-9(14)5-3-8/h2-6H,7H2,1H3,(H,15,16,21). The maximum Gasteiger partial charge on any atom is 0.236 e. The number of thiazole rings is 1. The van der Waals surface area contributed by atoms with Crippen molar-refractivity contribution in [3.63, 3.8) is 0 Å². The number of amides is 1. The highest BCUT2D eigenvalue weighted by Crippen LogP contribution is 2.26. The molecule has 1 amide bonds. The van der Waals surface area contributed by atoms with E-state index in [9.17, 15) is 4.79 Å². The topological polar surface area (TPSA) is 85.6 Å². The van der Waals surface area contributed by atoms with Crippen molar-refractivity contribution >= 4 is 45.7 Å². The fraction of sp³-hybridized carbons (Fsp3) is 0.154. The van der Waals surface area contributed by atoms with Crippen LogP contribution in [0.2, 0.25) is 5.02 Å². The second kappa shape index (κ2) is 7.07. The molecule has 2 aromatic heterocycles. The summed E-state index contributed by atoms with van der Waals surface area (Å²) in [7, 11) is 1.72. The van der Waals surface area contributed by atoms with Gasteiger partial charge in [-0.1, -0.05) is 35.5 Å². The Bertz CT molecular complexity index is 816. The van der Waals surface area contributed by atoms with Gasteiger partial charge in [0.2, 0.25) is 11.1 Å². The molecule has 0 radical (unpaired) electrons. The molecule has 1 N–H and O–H groups in total. The van der Waals surface area contributed by atoms with Crippen molar-refractivity contribution in [2.75, 3.05) is 11.1 Å². The van der Waals surface area contributed by atoms with E-state index in [1.807, 2.05) is 17.5 Å². The summed E-state index contributed by atoms with van der Waals surface area (Å²) in [5.41, 5.74) is 1.75. The highest BCUT2D eigenvalue weighted by molar-refractivity contribution is 7.99. The molecule has 0 fully saturated rings. The summed E-state index contributed by atoms with van der Waals surface area (Å²) < 4.78 is 1.51. The number of carbonyl (C=O) groups excluding carboxylic acids is 1. The van der Waals surface area contributed by atoms with E-state index < -0.39 is 0 Å².